The number of amides is 1. The quantitative estimate of drug-likeness (QED) is 0.555. The van der Waals surface area contributed by atoms with Crippen molar-refractivity contribution in [3.63, 3.8) is 0 Å². The predicted molar refractivity (Wildman–Crippen MR) is 114 cm³/mol. The molecule has 0 saturated heterocycles. The van der Waals surface area contributed by atoms with Gasteiger partial charge in [0.1, 0.15) is 17.2 Å². The molecule has 0 bridgehead atoms. The van der Waals surface area contributed by atoms with Crippen LogP contribution >= 0.6 is 0 Å². The summed E-state index contributed by atoms with van der Waals surface area (Å²) in [5.74, 6) is 2.73. The van der Waals surface area contributed by atoms with Crippen LogP contribution in [0, 0.1) is 12.8 Å². The van der Waals surface area contributed by atoms with Gasteiger partial charge in [-0.05, 0) is 53.4 Å². The lowest BCUT2D eigenvalue weighted by molar-refractivity contribution is 0.0279. The highest BCUT2D eigenvalue weighted by atomic mass is 16.6. The standard InChI is InChI=1S/C20H37N7O2/c1-8-21-18(24-16-10-9-11-27-17(16)23-15(3)25-27)22-12-14(2)13-26(7)19(28)29-20(4,5)6/h14,16H,8-13H2,1-7H3,(H2,21,22,24). The van der Waals surface area contributed by atoms with Crippen LogP contribution in [0.2, 0.25) is 0 Å². The second kappa shape index (κ2) is 9.93. The zero-order chi connectivity index (χ0) is 21.6. The van der Waals surface area contributed by atoms with Gasteiger partial charge in [0, 0.05) is 33.2 Å². The van der Waals surface area contributed by atoms with E-state index in [0.29, 0.717) is 13.1 Å². The monoisotopic (exact) mass is 407 g/mol. The van der Waals surface area contributed by atoms with Gasteiger partial charge in [-0.3, -0.25) is 4.99 Å². The van der Waals surface area contributed by atoms with E-state index in [-0.39, 0.29) is 18.1 Å². The van der Waals surface area contributed by atoms with Crippen LogP contribution in [-0.4, -0.2) is 64.0 Å². The number of rotatable bonds is 6. The maximum Gasteiger partial charge on any atom is 0.410 e. The minimum absolute atomic E-state index is 0.0995. The third-order valence-corrected chi connectivity index (χ3v) is 4.49. The van der Waals surface area contributed by atoms with Gasteiger partial charge in [-0.1, -0.05) is 6.92 Å². The average molecular weight is 408 g/mol. The fraction of sp³-hybridized carbons (Fsp3) is 0.800. The first-order valence-electron chi connectivity index (χ1n) is 10.5. The van der Waals surface area contributed by atoms with Crippen LogP contribution in [0.3, 0.4) is 0 Å². The molecular weight excluding hydrogens is 370 g/mol. The molecule has 0 fully saturated rings. The van der Waals surface area contributed by atoms with Crippen LogP contribution in [0.5, 0.6) is 0 Å². The number of fused-ring (bicyclic) bond motifs is 1. The molecule has 9 nitrogen and oxygen atoms in total. The van der Waals surface area contributed by atoms with Crippen molar-refractivity contribution in [2.24, 2.45) is 10.9 Å². The summed E-state index contributed by atoms with van der Waals surface area (Å²) < 4.78 is 7.40. The number of nitrogens with zero attached hydrogens (tertiary/aromatic N) is 5. The molecule has 0 aliphatic carbocycles. The van der Waals surface area contributed by atoms with E-state index in [4.69, 9.17) is 9.73 Å². The third-order valence-electron chi connectivity index (χ3n) is 4.49. The first kappa shape index (κ1) is 23.0. The molecule has 2 heterocycles. The maximum absolute atomic E-state index is 12.1. The Bertz CT molecular complexity index is 708. The molecule has 164 valence electrons. The molecule has 0 aromatic carbocycles. The number of ether oxygens (including phenoxy) is 1. The molecule has 2 unspecified atom stereocenters. The van der Waals surface area contributed by atoms with Crippen LogP contribution in [-0.2, 0) is 11.3 Å². The molecule has 2 rings (SSSR count). The summed E-state index contributed by atoms with van der Waals surface area (Å²) >= 11 is 0. The number of aromatic nitrogens is 3. The molecule has 1 aromatic rings. The van der Waals surface area contributed by atoms with Gasteiger partial charge in [-0.2, -0.15) is 5.10 Å². The van der Waals surface area contributed by atoms with Gasteiger partial charge in [0.15, 0.2) is 5.96 Å². The maximum atomic E-state index is 12.1. The van der Waals surface area contributed by atoms with Gasteiger partial charge in [0.25, 0.3) is 0 Å². The minimum atomic E-state index is -0.492. The van der Waals surface area contributed by atoms with Crippen molar-refractivity contribution >= 4 is 12.1 Å². The first-order valence-corrected chi connectivity index (χ1v) is 10.5. The predicted octanol–water partition coefficient (Wildman–Crippen LogP) is 2.48. The molecule has 9 heteroatoms. The summed E-state index contributed by atoms with van der Waals surface area (Å²) in [6.45, 7) is 14.5. The smallest absolute Gasteiger partial charge is 0.410 e. The Morgan fingerprint density at radius 2 is 2.17 bits per heavy atom. The molecule has 1 amide bonds. The van der Waals surface area contributed by atoms with Crippen molar-refractivity contribution < 1.29 is 9.53 Å². The van der Waals surface area contributed by atoms with Crippen LogP contribution in [0.25, 0.3) is 0 Å². The molecule has 2 atom stereocenters. The molecule has 29 heavy (non-hydrogen) atoms. The molecule has 0 saturated carbocycles. The Kier molecular flexibility index (Phi) is 7.87. The lowest BCUT2D eigenvalue weighted by Gasteiger charge is -2.27. The summed E-state index contributed by atoms with van der Waals surface area (Å²) in [7, 11) is 1.76. The van der Waals surface area contributed by atoms with Crippen molar-refractivity contribution in [2.45, 2.75) is 72.6 Å². The topological polar surface area (TPSA) is 96.7 Å². The number of aliphatic imine (C=N–C) groups is 1. The fourth-order valence-corrected chi connectivity index (χ4v) is 3.28. The summed E-state index contributed by atoms with van der Waals surface area (Å²) in [5.41, 5.74) is -0.492. The lowest BCUT2D eigenvalue weighted by atomic mass is 10.1. The number of hydrogen-bond acceptors (Lipinski definition) is 5. The minimum Gasteiger partial charge on any atom is -0.444 e. The van der Waals surface area contributed by atoms with Crippen molar-refractivity contribution in [3.05, 3.63) is 11.6 Å². The van der Waals surface area contributed by atoms with Gasteiger partial charge in [0.05, 0.1) is 6.04 Å². The molecule has 1 aliphatic rings. The van der Waals surface area contributed by atoms with Crippen molar-refractivity contribution in [3.8, 4) is 0 Å². The van der Waals surface area contributed by atoms with E-state index in [2.05, 4.69) is 27.6 Å². The van der Waals surface area contributed by atoms with E-state index >= 15 is 0 Å². The zero-order valence-corrected chi connectivity index (χ0v) is 18.9. The Balaban J connectivity index is 1.94. The number of carbonyl (C=O) groups excluding carboxylic acids is 1. The van der Waals surface area contributed by atoms with Gasteiger partial charge < -0.3 is 20.3 Å². The average Bonchev–Trinajstić information content (AvgIpc) is 2.99. The van der Waals surface area contributed by atoms with Gasteiger partial charge in [-0.25, -0.2) is 14.5 Å². The molecule has 1 aliphatic heterocycles. The van der Waals surface area contributed by atoms with Crippen molar-refractivity contribution in [1.29, 1.82) is 0 Å². The highest BCUT2D eigenvalue weighted by Gasteiger charge is 2.25. The normalized spacial score (nSPS) is 18.0. The largest absolute Gasteiger partial charge is 0.444 e. The number of carbonyl (C=O) groups is 1. The summed E-state index contributed by atoms with van der Waals surface area (Å²) in [5, 5.41) is 11.3. The van der Waals surface area contributed by atoms with Crippen LogP contribution < -0.4 is 10.6 Å². The number of hydrogen-bond donors (Lipinski definition) is 2. The molecule has 0 radical (unpaired) electrons. The molecule has 1 aromatic heterocycles. The number of nitrogens with one attached hydrogen (secondary N) is 2. The Labute approximate surface area is 174 Å². The van der Waals surface area contributed by atoms with Crippen molar-refractivity contribution in [2.75, 3.05) is 26.7 Å². The summed E-state index contributed by atoms with van der Waals surface area (Å²) in [6, 6.07) is 0.0995. The Morgan fingerprint density at radius 1 is 1.45 bits per heavy atom. The van der Waals surface area contributed by atoms with E-state index in [0.717, 1.165) is 43.5 Å². The van der Waals surface area contributed by atoms with Crippen molar-refractivity contribution in [1.82, 2.24) is 30.3 Å². The highest BCUT2D eigenvalue weighted by molar-refractivity contribution is 5.80. The lowest BCUT2D eigenvalue weighted by Crippen LogP contribution is -2.42. The zero-order valence-electron chi connectivity index (χ0n) is 18.9. The summed E-state index contributed by atoms with van der Waals surface area (Å²) in [6.07, 6.45) is 1.75. The second-order valence-corrected chi connectivity index (χ2v) is 8.77. The number of aryl methyl sites for hydroxylation is 2. The highest BCUT2D eigenvalue weighted by Crippen LogP contribution is 2.22. The van der Waals surface area contributed by atoms with E-state index < -0.39 is 5.60 Å². The van der Waals surface area contributed by atoms with E-state index in [9.17, 15) is 4.79 Å². The van der Waals surface area contributed by atoms with Gasteiger partial charge >= 0.3 is 6.09 Å². The molecular formula is C20H37N7O2. The van der Waals surface area contributed by atoms with Crippen LogP contribution in [0.4, 0.5) is 4.79 Å². The van der Waals surface area contributed by atoms with Gasteiger partial charge in [0.2, 0.25) is 0 Å². The summed E-state index contributed by atoms with van der Waals surface area (Å²) in [4.78, 5) is 23.1. The van der Waals surface area contributed by atoms with E-state index in [1.807, 2.05) is 39.3 Å². The van der Waals surface area contributed by atoms with Crippen LogP contribution in [0.1, 0.15) is 65.2 Å². The molecule has 0 spiro atoms. The second-order valence-electron chi connectivity index (χ2n) is 8.77. The fourth-order valence-electron chi connectivity index (χ4n) is 3.28. The SMILES string of the molecule is CCNC(=NCC(C)CN(C)C(=O)OC(C)(C)C)NC1CCCn2nc(C)nc21. The van der Waals surface area contributed by atoms with Crippen LogP contribution in [0.15, 0.2) is 4.99 Å². The van der Waals surface area contributed by atoms with E-state index in [1.165, 1.54) is 0 Å². The third kappa shape index (κ3) is 7.21. The molecule has 2 N–H and O–H groups in total. The first-order chi connectivity index (χ1) is 13.6. The Morgan fingerprint density at radius 3 is 2.83 bits per heavy atom. The van der Waals surface area contributed by atoms with Gasteiger partial charge in [-0.15, -0.1) is 0 Å². The Hall–Kier alpha value is -2.32. The van der Waals surface area contributed by atoms with E-state index in [1.54, 1.807) is 11.9 Å². The number of guanidine groups is 1.